The summed E-state index contributed by atoms with van der Waals surface area (Å²) in [5, 5.41) is 0. The monoisotopic (exact) mass is 440 g/mol. The number of carbonyl (C=O) groups excluding carboxylic acids is 4. The summed E-state index contributed by atoms with van der Waals surface area (Å²) in [7, 11) is 2.69. The molecule has 0 fully saturated rings. The van der Waals surface area contributed by atoms with Crippen molar-refractivity contribution in [3.8, 4) is 11.8 Å². The number of aldehydes is 2. The average Bonchev–Trinajstić information content (AvgIpc) is 3.27. The van der Waals surface area contributed by atoms with Crippen LogP contribution < -0.4 is 0 Å². The molecule has 0 atom stereocenters. The molecule has 0 saturated heterocycles. The molecule has 2 heterocycles. The summed E-state index contributed by atoms with van der Waals surface area (Å²) < 4.78 is 9.36. The fourth-order valence-corrected chi connectivity index (χ4v) is 3.53. The van der Waals surface area contributed by atoms with Crippen molar-refractivity contribution in [2.24, 2.45) is 0 Å². The number of aromatic amines is 2. The van der Waals surface area contributed by atoms with Crippen LogP contribution in [0.2, 0.25) is 0 Å². The fourth-order valence-electron chi connectivity index (χ4n) is 3.53. The summed E-state index contributed by atoms with van der Waals surface area (Å²) in [5.41, 5.74) is 5.40. The molecular weight excluding hydrogens is 412 g/mol. The molecule has 0 radical (unpaired) electrons. The zero-order chi connectivity index (χ0) is 23.7. The normalized spacial score (nSPS) is 10.2. The Morgan fingerprint density at radius 2 is 1.16 bits per heavy atom. The Bertz CT molecular complexity index is 982. The highest BCUT2D eigenvalue weighted by Gasteiger charge is 2.15. The molecule has 2 N–H and O–H groups in total. The van der Waals surface area contributed by atoms with Gasteiger partial charge in [-0.1, -0.05) is 0 Å². The number of nitrogens with one attached hydrogen (secondary N) is 2. The number of hydrogen-bond acceptors (Lipinski definition) is 6. The maximum Gasteiger partial charge on any atom is 0.305 e. The summed E-state index contributed by atoms with van der Waals surface area (Å²) in [6.45, 7) is 3.67. The van der Waals surface area contributed by atoms with Gasteiger partial charge >= 0.3 is 11.9 Å². The van der Waals surface area contributed by atoms with E-state index in [1.165, 1.54) is 14.2 Å². The second kappa shape index (κ2) is 11.7. The van der Waals surface area contributed by atoms with E-state index in [1.807, 2.05) is 13.8 Å². The number of esters is 2. The van der Waals surface area contributed by atoms with Crippen molar-refractivity contribution in [2.75, 3.05) is 14.2 Å². The molecule has 0 aliphatic heterocycles. The quantitative estimate of drug-likeness (QED) is 0.333. The van der Waals surface area contributed by atoms with Crippen molar-refractivity contribution in [1.82, 2.24) is 9.97 Å². The zero-order valence-corrected chi connectivity index (χ0v) is 18.8. The molecule has 170 valence electrons. The Kier molecular flexibility index (Phi) is 9.02. The Balaban J connectivity index is 2.33. The standard InChI is InChI=1S/C24H28N2O6/c1-15-17(7-5-9-23(29)31-3)19(25-21(15)13-27)11-12-20-18(8-6-10-24(30)32-4)16(2)22(14-28)26-20/h13-14,25-26H,5-10H2,1-4H3. The smallest absolute Gasteiger partial charge is 0.305 e. The minimum atomic E-state index is -0.290. The molecule has 0 amide bonds. The number of ether oxygens (including phenoxy) is 2. The van der Waals surface area contributed by atoms with Crippen LogP contribution in [0.3, 0.4) is 0 Å². The van der Waals surface area contributed by atoms with Gasteiger partial charge in [0.1, 0.15) is 0 Å². The molecule has 0 spiro atoms. The predicted molar refractivity (Wildman–Crippen MR) is 118 cm³/mol. The molecule has 0 saturated carbocycles. The largest absolute Gasteiger partial charge is 0.469 e. The van der Waals surface area contributed by atoms with Crippen LogP contribution in [0.15, 0.2) is 0 Å². The summed E-state index contributed by atoms with van der Waals surface area (Å²) >= 11 is 0. The van der Waals surface area contributed by atoms with Gasteiger partial charge < -0.3 is 19.4 Å². The Morgan fingerprint density at radius 1 is 0.781 bits per heavy atom. The summed E-state index contributed by atoms with van der Waals surface area (Å²) in [6.07, 6.45) is 4.27. The molecule has 8 nitrogen and oxygen atoms in total. The first-order chi connectivity index (χ1) is 15.4. The van der Waals surface area contributed by atoms with E-state index < -0.39 is 0 Å². The molecule has 0 unspecified atom stereocenters. The second-order valence-electron chi connectivity index (χ2n) is 7.38. The highest BCUT2D eigenvalue weighted by atomic mass is 16.5. The Hall–Kier alpha value is -3.60. The lowest BCUT2D eigenvalue weighted by molar-refractivity contribution is -0.141. The third-order valence-corrected chi connectivity index (χ3v) is 5.46. The lowest BCUT2D eigenvalue weighted by Crippen LogP contribution is -2.01. The van der Waals surface area contributed by atoms with Crippen molar-refractivity contribution < 1.29 is 28.7 Å². The van der Waals surface area contributed by atoms with Crippen LogP contribution in [0.1, 0.15) is 80.3 Å². The van der Waals surface area contributed by atoms with E-state index in [2.05, 4.69) is 31.3 Å². The number of rotatable bonds is 10. The fraction of sp³-hybridized carbons (Fsp3) is 0.417. The van der Waals surface area contributed by atoms with Crippen molar-refractivity contribution >= 4 is 24.5 Å². The first-order valence-electron chi connectivity index (χ1n) is 10.3. The molecular formula is C24H28N2O6. The number of H-pyrrole nitrogens is 2. The van der Waals surface area contributed by atoms with Gasteiger partial charge in [0.2, 0.25) is 0 Å². The highest BCUT2D eigenvalue weighted by Crippen LogP contribution is 2.22. The predicted octanol–water partition coefficient (Wildman–Crippen LogP) is 2.98. The number of aromatic nitrogens is 2. The first-order valence-corrected chi connectivity index (χ1v) is 10.3. The van der Waals surface area contributed by atoms with Crippen molar-refractivity contribution in [2.45, 2.75) is 52.4 Å². The molecule has 8 heteroatoms. The lowest BCUT2D eigenvalue weighted by atomic mass is 10.0. The van der Waals surface area contributed by atoms with Gasteiger partial charge in [0.05, 0.1) is 37.0 Å². The van der Waals surface area contributed by atoms with E-state index in [0.29, 0.717) is 48.5 Å². The maximum atomic E-state index is 11.4. The Labute approximate surface area is 187 Å². The van der Waals surface area contributed by atoms with Crippen LogP contribution in [0.5, 0.6) is 0 Å². The minimum Gasteiger partial charge on any atom is -0.469 e. The van der Waals surface area contributed by atoms with Gasteiger partial charge in [-0.3, -0.25) is 19.2 Å². The van der Waals surface area contributed by atoms with Gasteiger partial charge in [0.25, 0.3) is 0 Å². The van der Waals surface area contributed by atoms with E-state index >= 15 is 0 Å². The molecule has 0 aliphatic carbocycles. The average molecular weight is 440 g/mol. The van der Waals surface area contributed by atoms with Crippen LogP contribution in [-0.2, 0) is 31.9 Å². The van der Waals surface area contributed by atoms with E-state index in [9.17, 15) is 19.2 Å². The molecule has 2 aromatic rings. The SMILES string of the molecule is COC(=O)CCCc1c(C#Cc2[nH]c(C=O)c(C)c2CCCC(=O)OC)[nH]c(C=O)c1C. The molecule has 0 bridgehead atoms. The molecule has 32 heavy (non-hydrogen) atoms. The van der Waals surface area contributed by atoms with Gasteiger partial charge in [-0.15, -0.1) is 0 Å². The van der Waals surface area contributed by atoms with Crippen LogP contribution in [-0.4, -0.2) is 48.7 Å². The third-order valence-electron chi connectivity index (χ3n) is 5.46. The van der Waals surface area contributed by atoms with Crippen molar-refractivity contribution in [1.29, 1.82) is 0 Å². The van der Waals surface area contributed by atoms with Crippen molar-refractivity contribution in [3.63, 3.8) is 0 Å². The van der Waals surface area contributed by atoms with E-state index in [4.69, 9.17) is 0 Å². The molecule has 2 rings (SSSR count). The summed E-state index contributed by atoms with van der Waals surface area (Å²) in [4.78, 5) is 51.7. The maximum absolute atomic E-state index is 11.4. The van der Waals surface area contributed by atoms with Crippen LogP contribution in [0.25, 0.3) is 0 Å². The zero-order valence-electron chi connectivity index (χ0n) is 18.8. The number of hydrogen-bond donors (Lipinski definition) is 2. The van der Waals surface area contributed by atoms with E-state index in [-0.39, 0.29) is 24.8 Å². The van der Waals surface area contributed by atoms with Crippen LogP contribution in [0.4, 0.5) is 0 Å². The topological polar surface area (TPSA) is 118 Å². The van der Waals surface area contributed by atoms with Gasteiger partial charge in [0.15, 0.2) is 12.6 Å². The van der Waals surface area contributed by atoms with Gasteiger partial charge in [-0.25, -0.2) is 0 Å². The highest BCUT2D eigenvalue weighted by molar-refractivity contribution is 5.78. The lowest BCUT2D eigenvalue weighted by Gasteiger charge is -2.02. The van der Waals surface area contributed by atoms with E-state index in [1.54, 1.807) is 0 Å². The minimum absolute atomic E-state index is 0.271. The summed E-state index contributed by atoms with van der Waals surface area (Å²) in [6, 6.07) is 0. The third kappa shape index (κ3) is 5.97. The van der Waals surface area contributed by atoms with Crippen LogP contribution in [0, 0.1) is 25.7 Å². The van der Waals surface area contributed by atoms with Gasteiger partial charge in [-0.05, 0) is 73.6 Å². The number of carbonyl (C=O) groups is 4. The van der Waals surface area contributed by atoms with Gasteiger partial charge in [0, 0.05) is 12.8 Å². The molecule has 0 aliphatic rings. The molecule has 2 aromatic heterocycles. The van der Waals surface area contributed by atoms with E-state index in [0.717, 1.165) is 34.8 Å². The number of methoxy groups -OCH3 is 2. The second-order valence-corrected chi connectivity index (χ2v) is 7.38. The first kappa shape index (κ1) is 24.7. The Morgan fingerprint density at radius 3 is 1.47 bits per heavy atom. The summed E-state index contributed by atoms with van der Waals surface area (Å²) in [5.74, 6) is 5.57. The van der Waals surface area contributed by atoms with Crippen molar-refractivity contribution in [3.05, 3.63) is 45.0 Å². The van der Waals surface area contributed by atoms with Crippen LogP contribution >= 0.6 is 0 Å². The van der Waals surface area contributed by atoms with Gasteiger partial charge in [-0.2, -0.15) is 0 Å². The molecule has 0 aromatic carbocycles.